The van der Waals surface area contributed by atoms with Gasteiger partial charge in [-0.1, -0.05) is 19.8 Å². The van der Waals surface area contributed by atoms with E-state index in [1.807, 2.05) is 13.0 Å². The second-order valence-corrected chi connectivity index (χ2v) is 7.24. The van der Waals surface area contributed by atoms with Gasteiger partial charge in [-0.25, -0.2) is 4.79 Å². The molecule has 0 aromatic carbocycles. The highest BCUT2D eigenvalue weighted by Gasteiger charge is 2.55. The summed E-state index contributed by atoms with van der Waals surface area (Å²) in [6.45, 7) is 3.04. The molecular weight excluding hydrogens is 352 g/mol. The third kappa shape index (κ3) is 4.21. The standard InChI is InChI=1S/C18H26N4O5/c1-12-7-4-5-8-18(12)16(25)22(17(26)20-18)11-14(23)27-13(2)15(24)21(3)10-6-9-19/h12-13H,4-8,10-11H2,1-3H3,(H,20,26)/t12-,13-,18+/m0/s1. The van der Waals surface area contributed by atoms with Crippen molar-refractivity contribution in [2.45, 2.75) is 57.6 Å². The molecule has 3 atom stereocenters. The summed E-state index contributed by atoms with van der Waals surface area (Å²) in [7, 11) is 1.51. The molecule has 1 aliphatic carbocycles. The number of imide groups is 1. The van der Waals surface area contributed by atoms with Crippen LogP contribution in [0.4, 0.5) is 4.79 Å². The van der Waals surface area contributed by atoms with Gasteiger partial charge >= 0.3 is 12.0 Å². The van der Waals surface area contributed by atoms with Gasteiger partial charge in [0, 0.05) is 13.6 Å². The zero-order chi connectivity index (χ0) is 20.2. The summed E-state index contributed by atoms with van der Waals surface area (Å²) in [6, 6.07) is 1.33. The summed E-state index contributed by atoms with van der Waals surface area (Å²) in [5, 5.41) is 11.3. The summed E-state index contributed by atoms with van der Waals surface area (Å²) in [6.07, 6.45) is 2.35. The molecule has 0 unspecified atom stereocenters. The number of carbonyl (C=O) groups excluding carboxylic acids is 4. The van der Waals surface area contributed by atoms with Crippen LogP contribution in [-0.2, 0) is 19.1 Å². The van der Waals surface area contributed by atoms with Gasteiger partial charge in [0.1, 0.15) is 12.1 Å². The number of hydrogen-bond acceptors (Lipinski definition) is 6. The number of nitrogens with zero attached hydrogens (tertiary/aromatic N) is 3. The first-order valence-corrected chi connectivity index (χ1v) is 9.18. The second kappa shape index (κ2) is 8.37. The summed E-state index contributed by atoms with van der Waals surface area (Å²) >= 11 is 0. The number of urea groups is 1. The molecule has 0 radical (unpaired) electrons. The second-order valence-electron chi connectivity index (χ2n) is 7.24. The fourth-order valence-corrected chi connectivity index (χ4v) is 3.69. The van der Waals surface area contributed by atoms with Gasteiger partial charge in [-0.15, -0.1) is 0 Å². The number of rotatable bonds is 6. The van der Waals surface area contributed by atoms with E-state index in [4.69, 9.17) is 10.00 Å². The number of carbonyl (C=O) groups is 4. The fourth-order valence-electron chi connectivity index (χ4n) is 3.69. The first kappa shape index (κ1) is 20.7. The van der Waals surface area contributed by atoms with E-state index in [1.165, 1.54) is 18.9 Å². The van der Waals surface area contributed by atoms with Crippen LogP contribution >= 0.6 is 0 Å². The maximum absolute atomic E-state index is 12.8. The van der Waals surface area contributed by atoms with Gasteiger partial charge in [0.15, 0.2) is 6.10 Å². The van der Waals surface area contributed by atoms with Crippen LogP contribution in [-0.4, -0.2) is 65.4 Å². The summed E-state index contributed by atoms with van der Waals surface area (Å²) in [5.41, 5.74) is -0.936. The van der Waals surface area contributed by atoms with Crippen LogP contribution in [0.3, 0.4) is 0 Å². The minimum Gasteiger partial charge on any atom is -0.451 e. The van der Waals surface area contributed by atoms with Gasteiger partial charge in [-0.05, 0) is 25.7 Å². The lowest BCUT2D eigenvalue weighted by atomic mass is 9.73. The van der Waals surface area contributed by atoms with Crippen molar-refractivity contribution in [2.75, 3.05) is 20.1 Å². The number of nitrogens with one attached hydrogen (secondary N) is 1. The van der Waals surface area contributed by atoms with Crippen LogP contribution in [0.2, 0.25) is 0 Å². The Morgan fingerprint density at radius 2 is 2.15 bits per heavy atom. The molecule has 1 N–H and O–H groups in total. The Morgan fingerprint density at radius 1 is 1.44 bits per heavy atom. The summed E-state index contributed by atoms with van der Waals surface area (Å²) < 4.78 is 5.09. The molecule has 9 heteroatoms. The zero-order valence-electron chi connectivity index (χ0n) is 16.0. The molecule has 1 spiro atoms. The number of hydrogen-bond donors (Lipinski definition) is 1. The van der Waals surface area contributed by atoms with E-state index in [9.17, 15) is 19.2 Å². The van der Waals surface area contributed by atoms with Crippen LogP contribution in [0.5, 0.6) is 0 Å². The third-order valence-corrected chi connectivity index (χ3v) is 5.38. The lowest BCUT2D eigenvalue weighted by molar-refractivity contribution is -0.160. The Kier molecular flexibility index (Phi) is 6.41. The van der Waals surface area contributed by atoms with E-state index in [2.05, 4.69) is 5.32 Å². The van der Waals surface area contributed by atoms with E-state index < -0.39 is 42.0 Å². The summed E-state index contributed by atoms with van der Waals surface area (Å²) in [4.78, 5) is 51.5. The molecule has 27 heavy (non-hydrogen) atoms. The van der Waals surface area contributed by atoms with Gasteiger partial charge in [0.2, 0.25) is 0 Å². The van der Waals surface area contributed by atoms with Crippen molar-refractivity contribution in [2.24, 2.45) is 5.92 Å². The highest BCUT2D eigenvalue weighted by molar-refractivity contribution is 6.09. The maximum atomic E-state index is 12.8. The maximum Gasteiger partial charge on any atom is 0.327 e. The first-order valence-electron chi connectivity index (χ1n) is 9.18. The summed E-state index contributed by atoms with van der Waals surface area (Å²) in [5.74, 6) is -1.68. The van der Waals surface area contributed by atoms with E-state index in [0.29, 0.717) is 6.42 Å². The predicted octanol–water partition coefficient (Wildman–Crippen LogP) is 0.791. The molecule has 1 aliphatic heterocycles. The van der Waals surface area contributed by atoms with E-state index in [1.54, 1.807) is 0 Å². The van der Waals surface area contributed by atoms with E-state index in [0.717, 1.165) is 24.2 Å². The van der Waals surface area contributed by atoms with Gasteiger partial charge < -0.3 is 15.0 Å². The van der Waals surface area contributed by atoms with Crippen LogP contribution in [0.25, 0.3) is 0 Å². The minimum absolute atomic E-state index is 0.00185. The van der Waals surface area contributed by atoms with E-state index >= 15 is 0 Å². The zero-order valence-corrected chi connectivity index (χ0v) is 16.0. The lowest BCUT2D eigenvalue weighted by Gasteiger charge is -2.36. The Morgan fingerprint density at radius 3 is 2.78 bits per heavy atom. The highest BCUT2D eigenvalue weighted by atomic mass is 16.5. The number of esters is 1. The molecule has 0 aromatic heterocycles. The van der Waals surface area contributed by atoms with Crippen molar-refractivity contribution in [1.29, 1.82) is 5.26 Å². The monoisotopic (exact) mass is 378 g/mol. The minimum atomic E-state index is -1.07. The molecule has 148 valence electrons. The topological polar surface area (TPSA) is 120 Å². The molecule has 1 heterocycles. The van der Waals surface area contributed by atoms with Gasteiger partial charge in [0.05, 0.1) is 12.5 Å². The first-order chi connectivity index (χ1) is 12.7. The normalized spacial score (nSPS) is 25.7. The number of ether oxygens (including phenoxy) is 1. The van der Waals surface area contributed by atoms with Gasteiger partial charge in [-0.3, -0.25) is 19.3 Å². The van der Waals surface area contributed by atoms with Crippen molar-refractivity contribution in [3.63, 3.8) is 0 Å². The number of nitriles is 1. The molecule has 1 saturated carbocycles. The van der Waals surface area contributed by atoms with Crippen LogP contribution in [0.15, 0.2) is 0 Å². The quantitative estimate of drug-likeness (QED) is 0.539. The number of amides is 4. The predicted molar refractivity (Wildman–Crippen MR) is 94.0 cm³/mol. The van der Waals surface area contributed by atoms with Crippen LogP contribution in [0.1, 0.15) is 46.0 Å². The fraction of sp³-hybridized carbons (Fsp3) is 0.722. The van der Waals surface area contributed by atoms with Crippen molar-refractivity contribution < 1.29 is 23.9 Å². The lowest BCUT2D eigenvalue weighted by Crippen LogP contribution is -2.54. The average Bonchev–Trinajstić information content (AvgIpc) is 2.86. The van der Waals surface area contributed by atoms with Gasteiger partial charge in [0.25, 0.3) is 11.8 Å². The van der Waals surface area contributed by atoms with Crippen LogP contribution < -0.4 is 5.32 Å². The average molecular weight is 378 g/mol. The molecule has 9 nitrogen and oxygen atoms in total. The third-order valence-electron chi connectivity index (χ3n) is 5.38. The van der Waals surface area contributed by atoms with Crippen molar-refractivity contribution in [3.05, 3.63) is 0 Å². The molecule has 4 amide bonds. The molecule has 2 rings (SSSR count). The highest BCUT2D eigenvalue weighted by Crippen LogP contribution is 2.38. The van der Waals surface area contributed by atoms with Gasteiger partial charge in [-0.2, -0.15) is 5.26 Å². The Bertz CT molecular complexity index is 673. The SMILES string of the molecule is C[C@H](OC(=O)CN1C(=O)N[C@@]2(CCCC[C@@H]2C)C1=O)C(=O)N(C)CCC#N. The molecule has 2 fully saturated rings. The molecule has 0 aromatic rings. The molecule has 2 aliphatic rings. The van der Waals surface area contributed by atoms with Crippen LogP contribution in [0, 0.1) is 17.2 Å². The molecule has 1 saturated heterocycles. The Labute approximate surface area is 158 Å². The smallest absolute Gasteiger partial charge is 0.327 e. The Balaban J connectivity index is 1.95. The Hall–Kier alpha value is -2.63. The largest absolute Gasteiger partial charge is 0.451 e. The molecule has 0 bridgehead atoms. The van der Waals surface area contributed by atoms with Crippen molar-refractivity contribution >= 4 is 23.8 Å². The van der Waals surface area contributed by atoms with Crippen molar-refractivity contribution in [1.82, 2.24) is 15.1 Å². The number of likely N-dealkylation sites (N-methyl/N-ethyl adjacent to an activating group) is 1. The molecular formula is C18H26N4O5. The van der Waals surface area contributed by atoms with Crippen molar-refractivity contribution in [3.8, 4) is 6.07 Å². The van der Waals surface area contributed by atoms with E-state index in [-0.39, 0.29) is 18.9 Å².